The third-order valence-corrected chi connectivity index (χ3v) is 7.97. The zero-order valence-electron chi connectivity index (χ0n) is 20.2. The van der Waals surface area contributed by atoms with E-state index in [1.54, 1.807) is 12.3 Å². The van der Waals surface area contributed by atoms with Crippen LogP contribution in [0.2, 0.25) is 0 Å². The summed E-state index contributed by atoms with van der Waals surface area (Å²) < 4.78 is 22.8. The van der Waals surface area contributed by atoms with Gasteiger partial charge in [-0.1, -0.05) is 6.42 Å². The van der Waals surface area contributed by atoms with E-state index < -0.39 is 0 Å². The summed E-state index contributed by atoms with van der Waals surface area (Å²) in [4.78, 5) is 18.8. The van der Waals surface area contributed by atoms with E-state index in [0.29, 0.717) is 17.8 Å². The summed E-state index contributed by atoms with van der Waals surface area (Å²) in [5, 5.41) is 8.65. The van der Waals surface area contributed by atoms with Crippen molar-refractivity contribution in [1.82, 2.24) is 25.0 Å². The molecule has 4 heterocycles. The second-order valence-corrected chi connectivity index (χ2v) is 10.3. The van der Waals surface area contributed by atoms with Gasteiger partial charge in [-0.25, -0.2) is 9.18 Å². The highest BCUT2D eigenvalue weighted by atomic mass is 19.1. The molecule has 2 amide bonds. The molecule has 3 aliphatic rings. The number of nitrogens with zero attached hydrogens (tertiary/aromatic N) is 4. The fraction of sp³-hybridized carbons (Fsp3) is 0.519. The largest absolute Gasteiger partial charge is 0.487 e. The van der Waals surface area contributed by atoms with Crippen molar-refractivity contribution in [2.75, 3.05) is 19.6 Å². The summed E-state index contributed by atoms with van der Waals surface area (Å²) in [5.74, 6) is -0.0461. The van der Waals surface area contributed by atoms with E-state index in [-0.39, 0.29) is 23.4 Å². The van der Waals surface area contributed by atoms with Gasteiger partial charge < -0.3 is 15.0 Å². The first-order chi connectivity index (χ1) is 17.0. The predicted molar refractivity (Wildman–Crippen MR) is 132 cm³/mol. The highest BCUT2D eigenvalue weighted by Gasteiger charge is 2.46. The van der Waals surface area contributed by atoms with Crippen LogP contribution < -0.4 is 10.1 Å². The summed E-state index contributed by atoms with van der Waals surface area (Å²) in [5.41, 5.74) is 3.54. The van der Waals surface area contributed by atoms with Crippen LogP contribution >= 0.6 is 0 Å². The van der Waals surface area contributed by atoms with Gasteiger partial charge in [-0.15, -0.1) is 0 Å². The number of hydrogen-bond acceptors (Lipinski definition) is 4. The average molecular weight is 478 g/mol. The van der Waals surface area contributed by atoms with Crippen molar-refractivity contribution in [3.05, 3.63) is 42.0 Å². The molecule has 2 aromatic heterocycles. The molecule has 6 rings (SSSR count). The second kappa shape index (κ2) is 8.81. The highest BCUT2D eigenvalue weighted by Crippen LogP contribution is 2.44. The van der Waals surface area contributed by atoms with E-state index in [1.165, 1.54) is 18.2 Å². The Morgan fingerprint density at radius 2 is 2.00 bits per heavy atom. The van der Waals surface area contributed by atoms with Gasteiger partial charge in [0.15, 0.2) is 11.6 Å². The number of ether oxygens (including phenoxy) is 1. The van der Waals surface area contributed by atoms with E-state index >= 15 is 0 Å². The fourth-order valence-corrected chi connectivity index (χ4v) is 6.05. The highest BCUT2D eigenvalue weighted by molar-refractivity contribution is 5.84. The van der Waals surface area contributed by atoms with Gasteiger partial charge in [-0.2, -0.15) is 5.10 Å². The lowest BCUT2D eigenvalue weighted by atomic mass is 9.82. The molecule has 1 atom stereocenters. The van der Waals surface area contributed by atoms with Crippen LogP contribution in [0.15, 0.2) is 30.5 Å². The van der Waals surface area contributed by atoms with Crippen molar-refractivity contribution in [2.24, 2.45) is 0 Å². The zero-order valence-corrected chi connectivity index (χ0v) is 20.2. The van der Waals surface area contributed by atoms with Crippen LogP contribution in [0.1, 0.15) is 57.6 Å². The minimum absolute atomic E-state index is 0.0137. The van der Waals surface area contributed by atoms with Crippen LogP contribution in [-0.4, -0.2) is 51.4 Å². The summed E-state index contributed by atoms with van der Waals surface area (Å²) >= 11 is 0. The Morgan fingerprint density at radius 3 is 2.83 bits per heavy atom. The number of halogens is 1. The Hall–Kier alpha value is -3.16. The summed E-state index contributed by atoms with van der Waals surface area (Å²) in [7, 11) is 0. The molecule has 2 aliphatic heterocycles. The van der Waals surface area contributed by atoms with Gasteiger partial charge in [0.1, 0.15) is 0 Å². The molecule has 3 aromatic rings. The normalized spacial score (nSPS) is 22.2. The van der Waals surface area contributed by atoms with Crippen LogP contribution in [0, 0.1) is 5.82 Å². The molecule has 0 bridgehead atoms. The van der Waals surface area contributed by atoms with Gasteiger partial charge in [0, 0.05) is 60.5 Å². The number of pyridine rings is 1. The van der Waals surface area contributed by atoms with Gasteiger partial charge in [0.2, 0.25) is 0 Å². The molecule has 1 N–H and O–H groups in total. The predicted octanol–water partition coefficient (Wildman–Crippen LogP) is 5.03. The molecule has 0 radical (unpaired) electrons. The van der Waals surface area contributed by atoms with Crippen LogP contribution in [0.5, 0.6) is 5.75 Å². The van der Waals surface area contributed by atoms with Crippen molar-refractivity contribution >= 4 is 16.9 Å². The molecule has 1 saturated heterocycles. The molecule has 35 heavy (non-hydrogen) atoms. The Kier molecular flexibility index (Phi) is 5.61. The topological polar surface area (TPSA) is 72.3 Å². The Morgan fingerprint density at radius 1 is 1.17 bits per heavy atom. The van der Waals surface area contributed by atoms with Crippen molar-refractivity contribution < 1.29 is 13.9 Å². The van der Waals surface area contributed by atoms with Crippen LogP contribution in [0.3, 0.4) is 0 Å². The van der Waals surface area contributed by atoms with Crippen molar-refractivity contribution in [3.8, 4) is 17.0 Å². The number of aryl methyl sites for hydroxylation is 1. The maximum atomic E-state index is 14.7. The van der Waals surface area contributed by atoms with Gasteiger partial charge in [-0.05, 0) is 63.6 Å². The van der Waals surface area contributed by atoms with Crippen molar-refractivity contribution in [1.29, 1.82) is 0 Å². The number of aromatic nitrogens is 3. The average Bonchev–Trinajstić information content (AvgIpc) is 3.57. The van der Waals surface area contributed by atoms with Crippen LogP contribution in [0.4, 0.5) is 9.18 Å². The number of carbonyl (C=O) groups excluding carboxylic acids is 1. The first-order valence-corrected chi connectivity index (χ1v) is 12.9. The number of benzene rings is 1. The number of rotatable bonds is 4. The first kappa shape index (κ1) is 22.3. The Labute approximate surface area is 204 Å². The standard InChI is InChI=1S/C27H32FN5O2/c1-2-29-26(34)32-10-8-27(17-32)9-11-33-25(27)15-23(31-33)19-12-18-13-24(21(28)14-22(18)30-16-19)35-20-6-4-3-5-7-20/h12-16,20H,2-11,17H2,1H3,(H,29,34). The lowest BCUT2D eigenvalue weighted by molar-refractivity contribution is 0.149. The summed E-state index contributed by atoms with van der Waals surface area (Å²) in [6, 6.07) is 7.44. The molecule has 7 nitrogen and oxygen atoms in total. The van der Waals surface area contributed by atoms with Gasteiger partial charge in [-0.3, -0.25) is 9.67 Å². The lowest BCUT2D eigenvalue weighted by Gasteiger charge is -2.23. The maximum absolute atomic E-state index is 14.7. The number of carbonyl (C=O) groups is 1. The number of hydrogen-bond donors (Lipinski definition) is 1. The van der Waals surface area contributed by atoms with Crippen LogP contribution in [0.25, 0.3) is 22.2 Å². The molecule has 2 fully saturated rings. The molecular formula is C27H32FN5O2. The van der Waals surface area contributed by atoms with Crippen molar-refractivity contribution in [2.45, 2.75) is 69.9 Å². The minimum atomic E-state index is -0.357. The SMILES string of the molecule is CCNC(=O)N1CCC2(CCn3nc(-c4cnc5cc(F)c(OC6CCCCC6)cc5c4)cc32)C1. The minimum Gasteiger partial charge on any atom is -0.487 e. The third kappa shape index (κ3) is 4.02. The smallest absolute Gasteiger partial charge is 0.317 e. The molecule has 1 spiro atoms. The lowest BCUT2D eigenvalue weighted by Crippen LogP contribution is -2.40. The molecule has 184 valence electrons. The maximum Gasteiger partial charge on any atom is 0.317 e. The number of fused-ring (bicyclic) bond motifs is 3. The number of likely N-dealkylation sites (tertiary alicyclic amines) is 1. The molecule has 1 saturated carbocycles. The quantitative estimate of drug-likeness (QED) is 0.572. The molecular weight excluding hydrogens is 445 g/mol. The van der Waals surface area contributed by atoms with E-state index in [1.807, 2.05) is 17.9 Å². The monoisotopic (exact) mass is 477 g/mol. The Bertz CT molecular complexity index is 1270. The molecule has 1 aliphatic carbocycles. The van der Waals surface area contributed by atoms with Gasteiger partial charge in [0.25, 0.3) is 0 Å². The fourth-order valence-electron chi connectivity index (χ4n) is 6.05. The van der Waals surface area contributed by atoms with Crippen molar-refractivity contribution in [3.63, 3.8) is 0 Å². The van der Waals surface area contributed by atoms with E-state index in [2.05, 4.69) is 21.0 Å². The second-order valence-electron chi connectivity index (χ2n) is 10.3. The summed E-state index contributed by atoms with van der Waals surface area (Å²) in [6.45, 7) is 4.92. The zero-order chi connectivity index (χ0) is 24.0. The van der Waals surface area contributed by atoms with Gasteiger partial charge in [0.05, 0.1) is 17.3 Å². The molecule has 1 unspecified atom stereocenters. The first-order valence-electron chi connectivity index (χ1n) is 12.9. The Balaban J connectivity index is 1.27. The van der Waals surface area contributed by atoms with E-state index in [0.717, 1.165) is 74.8 Å². The van der Waals surface area contributed by atoms with E-state index in [9.17, 15) is 9.18 Å². The third-order valence-electron chi connectivity index (χ3n) is 7.97. The van der Waals surface area contributed by atoms with Crippen LogP contribution in [-0.2, 0) is 12.0 Å². The van der Waals surface area contributed by atoms with Gasteiger partial charge >= 0.3 is 6.03 Å². The van der Waals surface area contributed by atoms with E-state index in [4.69, 9.17) is 9.84 Å². The summed E-state index contributed by atoms with van der Waals surface area (Å²) in [6.07, 6.45) is 9.28. The number of nitrogens with one attached hydrogen (secondary N) is 1. The number of urea groups is 1. The molecule has 1 aromatic carbocycles. The molecule has 8 heteroatoms. The number of amides is 2.